The second kappa shape index (κ2) is 10.4. The average Bonchev–Trinajstić information content (AvgIpc) is 3.72. The minimum absolute atomic E-state index is 0.834. The third-order valence-corrected chi connectivity index (χ3v) is 10.4. The van der Waals surface area contributed by atoms with Gasteiger partial charge in [0.2, 0.25) is 0 Å². The molecule has 0 spiro atoms. The van der Waals surface area contributed by atoms with Crippen LogP contribution in [0.1, 0.15) is 0 Å². The van der Waals surface area contributed by atoms with Crippen LogP contribution in [0.15, 0.2) is 179 Å². The third kappa shape index (κ3) is 4.03. The van der Waals surface area contributed by atoms with Gasteiger partial charge in [-0.1, -0.05) is 133 Å². The van der Waals surface area contributed by atoms with Gasteiger partial charge in [0.15, 0.2) is 0 Å². The molecule has 0 amide bonds. The maximum absolute atomic E-state index is 6.40. The van der Waals surface area contributed by atoms with Crippen molar-refractivity contribution in [3.05, 3.63) is 170 Å². The molecule has 232 valence electrons. The molecular formula is C48H28O2. The van der Waals surface area contributed by atoms with Crippen molar-refractivity contribution in [1.82, 2.24) is 0 Å². The standard InChI is InChI=1S/C48H28O2/c1-2-10-32-25-33(22-19-29(32)9-1)30-17-20-31(21-18-30)47-36-12-3-5-14-38(36)48(39-15-6-4-13-37(39)47)34-23-24-44-40(26-34)42-27-41-35-11-7-8-16-43(35)49-45(41)28-46(42)50-44/h1-28H. The van der Waals surface area contributed by atoms with Crippen LogP contribution in [0, 0.1) is 0 Å². The Labute approximate surface area is 287 Å². The van der Waals surface area contributed by atoms with Crippen molar-refractivity contribution in [2.75, 3.05) is 0 Å². The molecule has 0 atom stereocenters. The van der Waals surface area contributed by atoms with Crippen LogP contribution in [-0.2, 0) is 0 Å². The SMILES string of the molecule is c1ccc2cc(-c3ccc(-c4c5ccccc5c(-c5ccc6oc7cc8oc9ccccc9c8cc7c6c5)c5ccccc45)cc3)ccc2c1. The van der Waals surface area contributed by atoms with Crippen molar-refractivity contribution >= 4 is 76.2 Å². The van der Waals surface area contributed by atoms with Gasteiger partial charge in [-0.15, -0.1) is 0 Å². The molecule has 0 aliphatic heterocycles. The summed E-state index contributed by atoms with van der Waals surface area (Å²) in [5.74, 6) is 0. The molecule has 0 fully saturated rings. The molecule has 9 aromatic carbocycles. The molecule has 0 saturated carbocycles. The Morgan fingerprint density at radius 3 is 1.42 bits per heavy atom. The molecule has 0 saturated heterocycles. The third-order valence-electron chi connectivity index (χ3n) is 10.4. The Morgan fingerprint density at radius 1 is 0.240 bits per heavy atom. The monoisotopic (exact) mass is 636 g/mol. The number of furan rings is 2. The van der Waals surface area contributed by atoms with Crippen LogP contribution < -0.4 is 0 Å². The van der Waals surface area contributed by atoms with Gasteiger partial charge in [0.05, 0.1) is 0 Å². The smallest absolute Gasteiger partial charge is 0.139 e. The predicted molar refractivity (Wildman–Crippen MR) is 210 cm³/mol. The second-order valence-electron chi connectivity index (χ2n) is 13.2. The first-order valence-electron chi connectivity index (χ1n) is 17.1. The van der Waals surface area contributed by atoms with E-state index in [1.807, 2.05) is 18.2 Å². The summed E-state index contributed by atoms with van der Waals surface area (Å²) >= 11 is 0. The lowest BCUT2D eigenvalue weighted by Crippen LogP contribution is -1.91. The Kier molecular flexibility index (Phi) is 5.70. The summed E-state index contributed by atoms with van der Waals surface area (Å²) in [5.41, 5.74) is 10.8. The highest BCUT2D eigenvalue weighted by Gasteiger charge is 2.19. The maximum Gasteiger partial charge on any atom is 0.139 e. The van der Waals surface area contributed by atoms with Gasteiger partial charge in [-0.3, -0.25) is 0 Å². The normalized spacial score (nSPS) is 12.0. The van der Waals surface area contributed by atoms with Crippen LogP contribution in [0.2, 0.25) is 0 Å². The van der Waals surface area contributed by atoms with Crippen LogP contribution >= 0.6 is 0 Å². The van der Waals surface area contributed by atoms with E-state index in [0.717, 1.165) is 43.9 Å². The van der Waals surface area contributed by atoms with E-state index in [-0.39, 0.29) is 0 Å². The van der Waals surface area contributed by atoms with Crippen molar-refractivity contribution in [3.63, 3.8) is 0 Å². The molecule has 0 N–H and O–H groups in total. The van der Waals surface area contributed by atoms with Crippen molar-refractivity contribution in [1.29, 1.82) is 0 Å². The van der Waals surface area contributed by atoms with Gasteiger partial charge in [-0.05, 0) is 96.0 Å². The van der Waals surface area contributed by atoms with Crippen LogP contribution in [0.5, 0.6) is 0 Å². The van der Waals surface area contributed by atoms with E-state index in [1.165, 1.54) is 65.7 Å². The lowest BCUT2D eigenvalue weighted by atomic mass is 9.85. The average molecular weight is 637 g/mol. The van der Waals surface area contributed by atoms with Crippen molar-refractivity contribution in [3.8, 4) is 33.4 Å². The number of hydrogen-bond acceptors (Lipinski definition) is 2. The lowest BCUT2D eigenvalue weighted by Gasteiger charge is -2.18. The number of para-hydroxylation sites is 1. The molecule has 11 rings (SSSR count). The molecule has 2 heterocycles. The summed E-state index contributed by atoms with van der Waals surface area (Å²) in [6, 6.07) is 61.1. The first-order valence-corrected chi connectivity index (χ1v) is 17.1. The number of fused-ring (bicyclic) bond motifs is 9. The Balaban J connectivity index is 1.10. The van der Waals surface area contributed by atoms with E-state index < -0.39 is 0 Å². The summed E-state index contributed by atoms with van der Waals surface area (Å²) < 4.78 is 12.6. The Morgan fingerprint density at radius 2 is 0.720 bits per heavy atom. The zero-order valence-electron chi connectivity index (χ0n) is 27.0. The summed E-state index contributed by atoms with van der Waals surface area (Å²) in [5, 5.41) is 11.9. The highest BCUT2D eigenvalue weighted by Crippen LogP contribution is 2.45. The van der Waals surface area contributed by atoms with E-state index in [4.69, 9.17) is 8.83 Å². The number of benzene rings is 9. The summed E-state index contributed by atoms with van der Waals surface area (Å²) in [6.07, 6.45) is 0. The summed E-state index contributed by atoms with van der Waals surface area (Å²) in [7, 11) is 0. The van der Waals surface area contributed by atoms with Gasteiger partial charge in [0.1, 0.15) is 22.3 Å². The Hall–Kier alpha value is -6.64. The molecule has 11 aromatic rings. The van der Waals surface area contributed by atoms with E-state index >= 15 is 0 Å². The fourth-order valence-corrected chi connectivity index (χ4v) is 8.10. The van der Waals surface area contributed by atoms with Crippen molar-refractivity contribution in [2.24, 2.45) is 0 Å². The highest BCUT2D eigenvalue weighted by atomic mass is 16.3. The zero-order valence-corrected chi connectivity index (χ0v) is 27.0. The lowest BCUT2D eigenvalue weighted by molar-refractivity contribution is 0.656. The molecule has 50 heavy (non-hydrogen) atoms. The molecule has 0 aliphatic carbocycles. The number of hydrogen-bond donors (Lipinski definition) is 0. The predicted octanol–water partition coefficient (Wildman–Crippen LogP) is 13.9. The molecule has 2 aromatic heterocycles. The highest BCUT2D eigenvalue weighted by molar-refractivity contribution is 6.22. The number of rotatable bonds is 3. The fourth-order valence-electron chi connectivity index (χ4n) is 8.10. The minimum Gasteiger partial charge on any atom is -0.456 e. The molecule has 0 bridgehead atoms. The van der Waals surface area contributed by atoms with Gasteiger partial charge < -0.3 is 8.83 Å². The molecule has 2 heteroatoms. The van der Waals surface area contributed by atoms with Gasteiger partial charge in [0.25, 0.3) is 0 Å². The minimum atomic E-state index is 0.834. The molecule has 0 unspecified atom stereocenters. The van der Waals surface area contributed by atoms with Gasteiger partial charge >= 0.3 is 0 Å². The van der Waals surface area contributed by atoms with E-state index in [2.05, 4.69) is 152 Å². The molecule has 2 nitrogen and oxygen atoms in total. The topological polar surface area (TPSA) is 26.3 Å². The van der Waals surface area contributed by atoms with Crippen molar-refractivity contribution < 1.29 is 8.83 Å². The second-order valence-corrected chi connectivity index (χ2v) is 13.2. The van der Waals surface area contributed by atoms with Crippen LogP contribution in [-0.4, -0.2) is 0 Å². The van der Waals surface area contributed by atoms with Crippen LogP contribution in [0.25, 0.3) is 110 Å². The van der Waals surface area contributed by atoms with Gasteiger partial charge in [0, 0.05) is 27.6 Å². The van der Waals surface area contributed by atoms with E-state index in [0.29, 0.717) is 0 Å². The molecular weight excluding hydrogens is 609 g/mol. The maximum atomic E-state index is 6.40. The quantitative estimate of drug-likeness (QED) is 0.180. The van der Waals surface area contributed by atoms with Gasteiger partial charge in [-0.25, -0.2) is 0 Å². The molecule has 0 aliphatic rings. The van der Waals surface area contributed by atoms with Crippen LogP contribution in [0.3, 0.4) is 0 Å². The summed E-state index contributed by atoms with van der Waals surface area (Å²) in [4.78, 5) is 0. The van der Waals surface area contributed by atoms with Crippen molar-refractivity contribution in [2.45, 2.75) is 0 Å². The zero-order chi connectivity index (χ0) is 32.8. The molecule has 0 radical (unpaired) electrons. The first kappa shape index (κ1) is 27.3. The first-order chi connectivity index (χ1) is 24.8. The fraction of sp³-hybridized carbons (Fsp3) is 0. The van der Waals surface area contributed by atoms with E-state index in [1.54, 1.807) is 0 Å². The van der Waals surface area contributed by atoms with Crippen LogP contribution in [0.4, 0.5) is 0 Å². The van der Waals surface area contributed by atoms with E-state index in [9.17, 15) is 0 Å². The Bertz CT molecular complexity index is 3080. The summed E-state index contributed by atoms with van der Waals surface area (Å²) in [6.45, 7) is 0. The van der Waals surface area contributed by atoms with Gasteiger partial charge in [-0.2, -0.15) is 0 Å². The largest absolute Gasteiger partial charge is 0.456 e.